The number of aromatic nitrogens is 2. The number of esters is 1. The van der Waals surface area contributed by atoms with Gasteiger partial charge in [-0.05, 0) is 13.0 Å². The van der Waals surface area contributed by atoms with Crippen molar-refractivity contribution in [1.29, 1.82) is 0 Å². The first kappa shape index (κ1) is 19.5. The van der Waals surface area contributed by atoms with E-state index in [9.17, 15) is 14.4 Å². The van der Waals surface area contributed by atoms with Crippen molar-refractivity contribution in [1.82, 2.24) is 9.97 Å². The molecule has 8 heteroatoms. The van der Waals surface area contributed by atoms with E-state index in [0.29, 0.717) is 16.0 Å². The zero-order valence-corrected chi connectivity index (χ0v) is 16.8. The molecule has 0 unspecified atom stereocenters. The van der Waals surface area contributed by atoms with Gasteiger partial charge in [0.2, 0.25) is 5.56 Å². The molecule has 4 aromatic rings. The van der Waals surface area contributed by atoms with Crippen molar-refractivity contribution in [2.24, 2.45) is 0 Å². The molecule has 0 aliphatic rings. The third-order valence-electron chi connectivity index (χ3n) is 4.40. The summed E-state index contributed by atoms with van der Waals surface area (Å²) in [6.45, 7) is 1.52. The van der Waals surface area contributed by atoms with Gasteiger partial charge in [-0.2, -0.15) is 0 Å². The van der Waals surface area contributed by atoms with E-state index in [1.807, 2.05) is 36.6 Å². The van der Waals surface area contributed by atoms with E-state index in [1.54, 1.807) is 24.3 Å². The number of nitrogens with zero attached hydrogens (tertiary/aromatic N) is 1. The third-order valence-corrected chi connectivity index (χ3v) is 5.16. The molecule has 4 rings (SSSR count). The predicted molar refractivity (Wildman–Crippen MR) is 116 cm³/mol. The molecular formula is C22H17N3O4S. The number of aryl methyl sites for hydroxylation is 1. The highest BCUT2D eigenvalue weighted by molar-refractivity contribution is 7.14. The summed E-state index contributed by atoms with van der Waals surface area (Å²) in [6.07, 6.45) is 0. The number of pyridine rings is 1. The molecule has 0 radical (unpaired) electrons. The molecule has 0 fully saturated rings. The average Bonchev–Trinajstić information content (AvgIpc) is 3.20. The van der Waals surface area contributed by atoms with E-state index in [2.05, 4.69) is 15.3 Å². The number of fused-ring (bicyclic) bond motifs is 1. The number of rotatable bonds is 5. The van der Waals surface area contributed by atoms with Crippen LogP contribution < -0.4 is 10.9 Å². The summed E-state index contributed by atoms with van der Waals surface area (Å²) >= 11 is 1.28. The Morgan fingerprint density at radius 2 is 1.90 bits per heavy atom. The Hall–Kier alpha value is -3.78. The highest BCUT2D eigenvalue weighted by Crippen LogP contribution is 2.25. The molecule has 0 spiro atoms. The van der Waals surface area contributed by atoms with Crippen molar-refractivity contribution < 1.29 is 14.3 Å². The molecule has 2 heterocycles. The molecule has 2 N–H and O–H groups in total. The van der Waals surface area contributed by atoms with Gasteiger partial charge in [-0.15, -0.1) is 11.3 Å². The van der Waals surface area contributed by atoms with Crippen molar-refractivity contribution in [2.45, 2.75) is 6.92 Å². The number of benzene rings is 2. The molecule has 0 saturated heterocycles. The fourth-order valence-corrected chi connectivity index (χ4v) is 3.66. The SMILES string of the molecule is Cc1ccc(-c2csc(NC(=O)COC(=O)c3cc(=O)[nH]c4ccccc34)n2)cc1. The van der Waals surface area contributed by atoms with E-state index >= 15 is 0 Å². The second-order valence-electron chi connectivity index (χ2n) is 6.62. The van der Waals surface area contributed by atoms with Crippen LogP contribution >= 0.6 is 11.3 Å². The topological polar surface area (TPSA) is 101 Å². The van der Waals surface area contributed by atoms with Crippen LogP contribution in [-0.4, -0.2) is 28.5 Å². The Morgan fingerprint density at radius 3 is 2.70 bits per heavy atom. The van der Waals surface area contributed by atoms with Gasteiger partial charge in [-0.3, -0.25) is 14.9 Å². The monoisotopic (exact) mass is 419 g/mol. The summed E-state index contributed by atoms with van der Waals surface area (Å²) in [5.74, 6) is -1.26. The summed E-state index contributed by atoms with van der Waals surface area (Å²) in [7, 11) is 0. The minimum absolute atomic E-state index is 0.109. The van der Waals surface area contributed by atoms with Gasteiger partial charge in [0, 0.05) is 27.9 Å². The van der Waals surface area contributed by atoms with Gasteiger partial charge in [-0.25, -0.2) is 9.78 Å². The predicted octanol–water partition coefficient (Wildman–Crippen LogP) is 3.76. The molecule has 7 nitrogen and oxygen atoms in total. The number of anilines is 1. The van der Waals surface area contributed by atoms with Crippen LogP contribution in [0.1, 0.15) is 15.9 Å². The number of carbonyl (C=O) groups is 2. The van der Waals surface area contributed by atoms with Gasteiger partial charge in [0.25, 0.3) is 5.91 Å². The van der Waals surface area contributed by atoms with Gasteiger partial charge in [0.1, 0.15) is 0 Å². The first-order valence-electron chi connectivity index (χ1n) is 9.11. The van der Waals surface area contributed by atoms with Gasteiger partial charge in [0.15, 0.2) is 11.7 Å². The second kappa shape index (κ2) is 8.30. The fraction of sp³-hybridized carbons (Fsp3) is 0.0909. The first-order valence-corrected chi connectivity index (χ1v) is 9.99. The molecule has 0 saturated carbocycles. The van der Waals surface area contributed by atoms with Gasteiger partial charge in [0.05, 0.1) is 11.3 Å². The average molecular weight is 419 g/mol. The Balaban J connectivity index is 1.40. The molecule has 1 amide bonds. The molecule has 0 aliphatic heterocycles. The van der Waals surface area contributed by atoms with Crippen LogP contribution in [-0.2, 0) is 9.53 Å². The van der Waals surface area contributed by atoms with Gasteiger partial charge < -0.3 is 9.72 Å². The van der Waals surface area contributed by atoms with E-state index in [1.165, 1.54) is 11.3 Å². The summed E-state index contributed by atoms with van der Waals surface area (Å²) in [4.78, 5) is 43.4. The molecule has 2 aromatic heterocycles. The maximum Gasteiger partial charge on any atom is 0.339 e. The number of H-pyrrole nitrogens is 1. The van der Waals surface area contributed by atoms with Crippen molar-refractivity contribution in [3.05, 3.63) is 81.5 Å². The van der Waals surface area contributed by atoms with Crippen molar-refractivity contribution in [3.8, 4) is 11.3 Å². The zero-order valence-electron chi connectivity index (χ0n) is 16.0. The fourth-order valence-electron chi connectivity index (χ4n) is 2.93. The van der Waals surface area contributed by atoms with E-state index in [0.717, 1.165) is 22.9 Å². The van der Waals surface area contributed by atoms with Crippen LogP contribution in [0.4, 0.5) is 5.13 Å². The maximum atomic E-state index is 12.4. The number of aromatic amines is 1. The molecular weight excluding hydrogens is 402 g/mol. The van der Waals surface area contributed by atoms with Crippen LogP contribution in [0.3, 0.4) is 0 Å². The summed E-state index contributed by atoms with van der Waals surface area (Å²) in [6, 6.07) is 16.0. The zero-order chi connectivity index (χ0) is 21.1. The lowest BCUT2D eigenvalue weighted by Crippen LogP contribution is -2.21. The van der Waals surface area contributed by atoms with E-state index < -0.39 is 24.0 Å². The van der Waals surface area contributed by atoms with Crippen molar-refractivity contribution in [3.63, 3.8) is 0 Å². The standard InChI is InChI=1S/C22H17N3O4S/c1-13-6-8-14(9-7-13)18-12-30-22(24-18)25-20(27)11-29-21(28)16-10-19(26)23-17-5-3-2-4-15(16)17/h2-10,12H,11H2,1H3,(H,23,26)(H,24,25,27). The van der Waals surface area contributed by atoms with Crippen molar-refractivity contribution in [2.75, 3.05) is 11.9 Å². The summed E-state index contributed by atoms with van der Waals surface area (Å²) in [5.41, 5.74) is 3.06. The number of ether oxygens (including phenoxy) is 1. The largest absolute Gasteiger partial charge is 0.452 e. The third kappa shape index (κ3) is 4.28. The number of carbonyl (C=O) groups excluding carboxylic acids is 2. The lowest BCUT2D eigenvalue weighted by Gasteiger charge is -2.07. The number of thiazole rings is 1. The Kier molecular flexibility index (Phi) is 5.40. The highest BCUT2D eigenvalue weighted by atomic mass is 32.1. The van der Waals surface area contributed by atoms with Crippen LogP contribution in [0.25, 0.3) is 22.2 Å². The van der Waals surface area contributed by atoms with Crippen LogP contribution in [0.15, 0.2) is 64.8 Å². The first-order chi connectivity index (χ1) is 14.5. The molecule has 0 bridgehead atoms. The number of para-hydroxylation sites is 1. The Bertz CT molecular complexity index is 1290. The van der Waals surface area contributed by atoms with E-state index in [-0.39, 0.29) is 5.56 Å². The lowest BCUT2D eigenvalue weighted by molar-refractivity contribution is -0.119. The minimum atomic E-state index is -0.744. The van der Waals surface area contributed by atoms with Gasteiger partial charge >= 0.3 is 5.97 Å². The second-order valence-corrected chi connectivity index (χ2v) is 7.48. The Morgan fingerprint density at radius 1 is 1.13 bits per heavy atom. The van der Waals surface area contributed by atoms with Crippen molar-refractivity contribution >= 4 is 39.2 Å². The summed E-state index contributed by atoms with van der Waals surface area (Å²) < 4.78 is 5.10. The number of amides is 1. The minimum Gasteiger partial charge on any atom is -0.452 e. The van der Waals surface area contributed by atoms with E-state index in [4.69, 9.17) is 4.74 Å². The lowest BCUT2D eigenvalue weighted by atomic mass is 10.1. The van der Waals surface area contributed by atoms with Gasteiger partial charge in [-0.1, -0.05) is 48.0 Å². The maximum absolute atomic E-state index is 12.4. The molecule has 150 valence electrons. The molecule has 0 aliphatic carbocycles. The van der Waals surface area contributed by atoms with Crippen LogP contribution in [0.5, 0.6) is 0 Å². The van der Waals surface area contributed by atoms with Crippen LogP contribution in [0.2, 0.25) is 0 Å². The normalized spacial score (nSPS) is 10.7. The van der Waals surface area contributed by atoms with Crippen LogP contribution in [0, 0.1) is 6.92 Å². The molecule has 30 heavy (non-hydrogen) atoms. The smallest absolute Gasteiger partial charge is 0.339 e. The summed E-state index contributed by atoms with van der Waals surface area (Å²) in [5, 5.41) is 5.42. The number of nitrogens with one attached hydrogen (secondary N) is 2. The number of hydrogen-bond acceptors (Lipinski definition) is 6. The highest BCUT2D eigenvalue weighted by Gasteiger charge is 2.15. The quantitative estimate of drug-likeness (QED) is 0.480. The molecule has 2 aromatic carbocycles. The molecule has 0 atom stereocenters. The number of hydrogen-bond donors (Lipinski definition) is 2. The Labute approximate surface area is 175 Å².